The van der Waals surface area contributed by atoms with Crippen molar-refractivity contribution in [3.63, 3.8) is 0 Å². The van der Waals surface area contributed by atoms with Gasteiger partial charge in [0.25, 0.3) is 0 Å². The van der Waals surface area contributed by atoms with E-state index in [1.165, 1.54) is 0 Å². The van der Waals surface area contributed by atoms with Crippen LogP contribution in [0, 0.1) is 0 Å². The lowest BCUT2D eigenvalue weighted by Crippen LogP contribution is -2.23. The summed E-state index contributed by atoms with van der Waals surface area (Å²) in [5, 5.41) is 1.13. The molecule has 0 saturated carbocycles. The Morgan fingerprint density at radius 1 is 0.735 bits per heavy atom. The standard InChI is InChI=1S/C29H34Cl2N2O/c1-7-15-32(16-8-2)23-11-13-25(27(30)19-23)21(5)29(34)22(6)26-14-12-24(20-28(26)31)33(17-9-3)18-10-4/h7-14,19-22H,1-4,15-18H2,5-6H3. The average Bonchev–Trinajstić information content (AvgIpc) is 2.82. The Labute approximate surface area is 214 Å². The van der Waals surface area contributed by atoms with Gasteiger partial charge in [0, 0.05) is 59.4 Å². The van der Waals surface area contributed by atoms with Crippen LogP contribution in [-0.4, -0.2) is 32.0 Å². The molecule has 0 aliphatic rings. The average molecular weight is 498 g/mol. The van der Waals surface area contributed by atoms with Gasteiger partial charge in [-0.05, 0) is 35.4 Å². The van der Waals surface area contributed by atoms with E-state index >= 15 is 0 Å². The van der Waals surface area contributed by atoms with Crippen molar-refractivity contribution in [2.45, 2.75) is 25.7 Å². The third-order valence-corrected chi connectivity index (χ3v) is 6.54. The second-order valence-corrected chi connectivity index (χ2v) is 9.04. The molecule has 0 aliphatic heterocycles. The van der Waals surface area contributed by atoms with Crippen molar-refractivity contribution in [1.82, 2.24) is 0 Å². The van der Waals surface area contributed by atoms with Crippen LogP contribution in [0.2, 0.25) is 10.0 Å². The van der Waals surface area contributed by atoms with Gasteiger partial charge in [-0.1, -0.05) is 73.5 Å². The van der Waals surface area contributed by atoms with Crippen LogP contribution in [0.4, 0.5) is 11.4 Å². The smallest absolute Gasteiger partial charge is 0.147 e. The summed E-state index contributed by atoms with van der Waals surface area (Å²) in [6.45, 7) is 21.8. The lowest BCUT2D eigenvalue weighted by Gasteiger charge is -2.25. The number of nitrogens with zero attached hydrogens (tertiary/aromatic N) is 2. The molecule has 0 amide bonds. The van der Waals surface area contributed by atoms with Gasteiger partial charge >= 0.3 is 0 Å². The minimum Gasteiger partial charge on any atom is -0.364 e. The molecule has 5 heteroatoms. The van der Waals surface area contributed by atoms with Crippen LogP contribution in [0.15, 0.2) is 87.0 Å². The molecule has 0 N–H and O–H groups in total. The fourth-order valence-corrected chi connectivity index (χ4v) is 4.68. The first-order chi connectivity index (χ1) is 16.3. The summed E-state index contributed by atoms with van der Waals surface area (Å²) in [4.78, 5) is 17.6. The van der Waals surface area contributed by atoms with Gasteiger partial charge in [-0.3, -0.25) is 4.79 Å². The first kappa shape index (κ1) is 27.5. The van der Waals surface area contributed by atoms with Crippen molar-refractivity contribution < 1.29 is 4.79 Å². The molecule has 2 unspecified atom stereocenters. The molecule has 0 saturated heterocycles. The SMILES string of the molecule is C=CCN(CC=C)c1ccc(C(C)C(=O)C(C)c2ccc(N(CC=C)CC=C)cc2Cl)c(Cl)c1. The lowest BCUT2D eigenvalue weighted by atomic mass is 9.85. The zero-order valence-electron chi connectivity index (χ0n) is 20.1. The zero-order chi connectivity index (χ0) is 25.3. The fourth-order valence-electron chi connectivity index (χ4n) is 4.00. The van der Waals surface area contributed by atoms with E-state index in [4.69, 9.17) is 23.2 Å². The van der Waals surface area contributed by atoms with E-state index in [1.54, 1.807) is 0 Å². The van der Waals surface area contributed by atoms with Crippen LogP contribution in [0.1, 0.15) is 36.8 Å². The minimum atomic E-state index is -0.377. The highest BCUT2D eigenvalue weighted by molar-refractivity contribution is 6.32. The van der Waals surface area contributed by atoms with Crippen LogP contribution in [0.25, 0.3) is 0 Å². The number of halogens is 2. The lowest BCUT2D eigenvalue weighted by molar-refractivity contribution is -0.121. The molecule has 3 nitrogen and oxygen atoms in total. The van der Waals surface area contributed by atoms with Crippen molar-refractivity contribution in [3.05, 3.63) is 108 Å². The van der Waals surface area contributed by atoms with Gasteiger partial charge in [0.2, 0.25) is 0 Å². The topological polar surface area (TPSA) is 23.6 Å². The van der Waals surface area contributed by atoms with Gasteiger partial charge in [0.15, 0.2) is 0 Å². The van der Waals surface area contributed by atoms with Gasteiger partial charge in [-0.15, -0.1) is 26.3 Å². The maximum absolute atomic E-state index is 13.4. The summed E-state index contributed by atoms with van der Waals surface area (Å²) in [7, 11) is 0. The van der Waals surface area contributed by atoms with Gasteiger partial charge in [0.1, 0.15) is 5.78 Å². The van der Waals surface area contributed by atoms with Gasteiger partial charge in [-0.25, -0.2) is 0 Å². The van der Waals surface area contributed by atoms with Crippen molar-refractivity contribution in [2.24, 2.45) is 0 Å². The van der Waals surface area contributed by atoms with Crippen LogP contribution in [0.5, 0.6) is 0 Å². The van der Waals surface area contributed by atoms with E-state index in [2.05, 4.69) is 36.1 Å². The third-order valence-electron chi connectivity index (χ3n) is 5.88. The Hall–Kier alpha value is -2.75. The van der Waals surface area contributed by atoms with Crippen LogP contribution in [-0.2, 0) is 4.79 Å². The second kappa shape index (κ2) is 13.2. The minimum absolute atomic E-state index is 0.0624. The number of hydrogen-bond donors (Lipinski definition) is 0. The van der Waals surface area contributed by atoms with E-state index in [-0.39, 0.29) is 17.6 Å². The van der Waals surface area contributed by atoms with Crippen molar-refractivity contribution in [3.8, 4) is 0 Å². The summed E-state index contributed by atoms with van der Waals surface area (Å²) >= 11 is 13.3. The quantitative estimate of drug-likeness (QED) is 0.249. The Morgan fingerprint density at radius 3 is 1.32 bits per heavy atom. The van der Waals surface area contributed by atoms with E-state index in [0.717, 1.165) is 22.5 Å². The van der Waals surface area contributed by atoms with E-state index < -0.39 is 0 Å². The van der Waals surface area contributed by atoms with Crippen molar-refractivity contribution >= 4 is 40.4 Å². The summed E-state index contributed by atoms with van der Waals surface area (Å²) in [6, 6.07) is 11.6. The van der Waals surface area contributed by atoms with Crippen LogP contribution in [0.3, 0.4) is 0 Å². The highest BCUT2D eigenvalue weighted by Gasteiger charge is 2.26. The predicted octanol–water partition coefficient (Wildman–Crippen LogP) is 7.83. The number of rotatable bonds is 14. The normalized spacial score (nSPS) is 12.4. The van der Waals surface area contributed by atoms with Crippen LogP contribution < -0.4 is 9.80 Å². The monoisotopic (exact) mass is 496 g/mol. The van der Waals surface area contributed by atoms with Crippen molar-refractivity contribution in [2.75, 3.05) is 36.0 Å². The molecule has 180 valence electrons. The fraction of sp³-hybridized carbons (Fsp3) is 0.276. The summed E-state index contributed by atoms with van der Waals surface area (Å²) in [5.41, 5.74) is 3.53. The first-order valence-electron chi connectivity index (χ1n) is 11.3. The Morgan fingerprint density at radius 2 is 1.06 bits per heavy atom. The van der Waals surface area contributed by atoms with E-state index in [0.29, 0.717) is 36.2 Å². The Bertz CT molecular complexity index is 945. The predicted molar refractivity (Wildman–Crippen MR) is 150 cm³/mol. The van der Waals surface area contributed by atoms with Crippen molar-refractivity contribution in [1.29, 1.82) is 0 Å². The highest BCUT2D eigenvalue weighted by atomic mass is 35.5. The molecule has 0 heterocycles. The zero-order valence-corrected chi connectivity index (χ0v) is 21.7. The van der Waals surface area contributed by atoms with Crippen LogP contribution >= 0.6 is 23.2 Å². The molecule has 2 aromatic carbocycles. The second-order valence-electron chi connectivity index (χ2n) is 8.22. The Balaban J connectivity index is 2.26. The molecule has 34 heavy (non-hydrogen) atoms. The molecule has 0 aromatic heterocycles. The molecule has 0 radical (unpaired) electrons. The highest BCUT2D eigenvalue weighted by Crippen LogP contribution is 2.36. The molecule has 0 aliphatic carbocycles. The molecule has 0 fully saturated rings. The summed E-state index contributed by atoms with van der Waals surface area (Å²) < 4.78 is 0. The molecular weight excluding hydrogens is 463 g/mol. The number of Topliss-reactive ketones (excluding diaryl/α,β-unsaturated/α-hetero) is 1. The summed E-state index contributed by atoms with van der Waals surface area (Å²) in [5.74, 6) is -0.692. The molecule has 2 atom stereocenters. The maximum Gasteiger partial charge on any atom is 0.147 e. The number of ketones is 1. The molecule has 2 rings (SSSR count). The van der Waals surface area contributed by atoms with E-state index in [1.807, 2.05) is 74.5 Å². The van der Waals surface area contributed by atoms with Gasteiger partial charge in [-0.2, -0.15) is 0 Å². The third kappa shape index (κ3) is 6.65. The summed E-state index contributed by atoms with van der Waals surface area (Å²) in [6.07, 6.45) is 7.34. The first-order valence-corrected chi connectivity index (χ1v) is 12.1. The Kier molecular flexibility index (Phi) is 10.7. The molecule has 2 aromatic rings. The number of anilines is 2. The number of carbonyl (C=O) groups is 1. The molecule has 0 bridgehead atoms. The number of hydrogen-bond acceptors (Lipinski definition) is 3. The van der Waals surface area contributed by atoms with Gasteiger partial charge < -0.3 is 9.80 Å². The number of carbonyl (C=O) groups excluding carboxylic acids is 1. The number of benzene rings is 2. The molecule has 0 spiro atoms. The molecular formula is C29H34Cl2N2O. The van der Waals surface area contributed by atoms with E-state index in [9.17, 15) is 4.79 Å². The maximum atomic E-state index is 13.4. The largest absolute Gasteiger partial charge is 0.364 e. The van der Waals surface area contributed by atoms with Gasteiger partial charge in [0.05, 0.1) is 0 Å².